The third-order valence-corrected chi connectivity index (χ3v) is 4.85. The number of rotatable bonds is 2. The van der Waals surface area contributed by atoms with Gasteiger partial charge in [-0.05, 0) is 17.5 Å². The highest BCUT2D eigenvalue weighted by molar-refractivity contribution is 7.63. The molecule has 0 aliphatic heterocycles. The number of hydrogen-bond acceptors (Lipinski definition) is 1. The maximum Gasteiger partial charge on any atom is 0.0858 e. The normalized spacial score (nSPS) is 14.7. The van der Waals surface area contributed by atoms with Gasteiger partial charge < -0.3 is 4.57 Å². The van der Waals surface area contributed by atoms with Gasteiger partial charge in [-0.1, -0.05) is 41.5 Å². The van der Waals surface area contributed by atoms with E-state index in [1.807, 2.05) is 6.66 Å². The molecule has 0 aromatic rings. The topological polar surface area (TPSA) is 17.1 Å². The van der Waals surface area contributed by atoms with Gasteiger partial charge in [0.2, 0.25) is 0 Å². The van der Waals surface area contributed by atoms with Gasteiger partial charge in [0.05, 0.1) is 7.14 Å². The summed E-state index contributed by atoms with van der Waals surface area (Å²) in [7, 11) is -1.94. The molecular weight excluding hydrogens is 179 g/mol. The molecule has 0 fully saturated rings. The van der Waals surface area contributed by atoms with Crippen LogP contribution in [-0.4, -0.2) is 19.0 Å². The van der Waals surface area contributed by atoms with Crippen LogP contribution in [0.15, 0.2) is 0 Å². The van der Waals surface area contributed by atoms with E-state index in [-0.39, 0.29) is 10.8 Å². The Morgan fingerprint density at radius 1 is 0.846 bits per heavy atom. The Balaban J connectivity index is 4.35. The zero-order chi connectivity index (χ0) is 10.9. The van der Waals surface area contributed by atoms with Crippen molar-refractivity contribution in [3.8, 4) is 0 Å². The molecule has 0 saturated heterocycles. The van der Waals surface area contributed by atoms with Crippen molar-refractivity contribution < 1.29 is 4.57 Å². The lowest BCUT2D eigenvalue weighted by molar-refractivity contribution is 0.437. The lowest BCUT2D eigenvalue weighted by atomic mass is 10.0. The summed E-state index contributed by atoms with van der Waals surface area (Å²) in [4.78, 5) is 0. The highest BCUT2D eigenvalue weighted by atomic mass is 31.2. The van der Waals surface area contributed by atoms with Crippen LogP contribution in [0.4, 0.5) is 0 Å². The minimum Gasteiger partial charge on any atom is -0.324 e. The molecule has 0 unspecified atom stereocenters. The quantitative estimate of drug-likeness (QED) is 0.620. The summed E-state index contributed by atoms with van der Waals surface area (Å²) in [6, 6.07) is 0. The van der Waals surface area contributed by atoms with E-state index in [0.29, 0.717) is 0 Å². The summed E-state index contributed by atoms with van der Waals surface area (Å²) < 4.78 is 12.2. The molecule has 0 spiro atoms. The summed E-state index contributed by atoms with van der Waals surface area (Å²) in [5.41, 5.74) is 0.380. The molecule has 0 amide bonds. The van der Waals surface area contributed by atoms with E-state index in [2.05, 4.69) is 41.5 Å². The van der Waals surface area contributed by atoms with E-state index in [9.17, 15) is 4.57 Å². The molecule has 0 aliphatic carbocycles. The summed E-state index contributed by atoms with van der Waals surface area (Å²) in [6.45, 7) is 14.9. The minimum atomic E-state index is -1.94. The molecule has 0 radical (unpaired) electrons. The molecule has 0 atom stereocenters. The van der Waals surface area contributed by atoms with E-state index < -0.39 is 7.14 Å². The fraction of sp³-hybridized carbons (Fsp3) is 1.00. The van der Waals surface area contributed by atoms with Crippen LogP contribution in [0, 0.1) is 10.8 Å². The first kappa shape index (κ1) is 13.2. The molecule has 80 valence electrons. The summed E-state index contributed by atoms with van der Waals surface area (Å²) >= 11 is 0. The Labute approximate surface area is 83.7 Å². The fourth-order valence-corrected chi connectivity index (χ4v) is 6.19. The first-order valence-electron chi connectivity index (χ1n) is 4.97. The second-order valence-electron chi connectivity index (χ2n) is 6.73. The second kappa shape index (κ2) is 3.77. The smallest absolute Gasteiger partial charge is 0.0858 e. The Morgan fingerprint density at radius 2 is 1.08 bits per heavy atom. The van der Waals surface area contributed by atoms with Crippen molar-refractivity contribution in [2.75, 3.05) is 19.0 Å². The summed E-state index contributed by atoms with van der Waals surface area (Å²) in [5, 5.41) is 0. The van der Waals surface area contributed by atoms with Crippen molar-refractivity contribution in [2.45, 2.75) is 41.5 Å². The minimum absolute atomic E-state index is 0.190. The third kappa shape index (κ3) is 8.56. The van der Waals surface area contributed by atoms with Crippen LogP contribution in [-0.2, 0) is 4.57 Å². The molecule has 13 heavy (non-hydrogen) atoms. The van der Waals surface area contributed by atoms with Gasteiger partial charge in [-0.3, -0.25) is 0 Å². The van der Waals surface area contributed by atoms with Crippen molar-refractivity contribution in [1.29, 1.82) is 0 Å². The zero-order valence-electron chi connectivity index (χ0n) is 10.3. The van der Waals surface area contributed by atoms with Crippen LogP contribution in [0.1, 0.15) is 41.5 Å². The average molecular weight is 204 g/mol. The zero-order valence-corrected chi connectivity index (χ0v) is 11.2. The molecule has 0 saturated carbocycles. The molecule has 1 nitrogen and oxygen atoms in total. The van der Waals surface area contributed by atoms with Crippen LogP contribution in [0.2, 0.25) is 0 Å². The Hall–Kier alpha value is 0.230. The monoisotopic (exact) mass is 204 g/mol. The molecule has 0 bridgehead atoms. The SMILES string of the molecule is CC(C)(C)CP(C)(=O)CC(C)(C)C. The first-order valence-corrected chi connectivity index (χ1v) is 7.49. The van der Waals surface area contributed by atoms with Gasteiger partial charge in [0, 0.05) is 12.3 Å². The molecule has 0 rings (SSSR count). The summed E-state index contributed by atoms with van der Waals surface area (Å²) in [5.74, 6) is 0. The van der Waals surface area contributed by atoms with Crippen LogP contribution >= 0.6 is 7.14 Å². The molecule has 0 N–H and O–H groups in total. The van der Waals surface area contributed by atoms with E-state index in [1.54, 1.807) is 0 Å². The predicted molar refractivity (Wildman–Crippen MR) is 62.2 cm³/mol. The molecule has 0 aromatic carbocycles. The van der Waals surface area contributed by atoms with Crippen LogP contribution in [0.25, 0.3) is 0 Å². The Bertz CT molecular complexity index is 185. The molecular formula is C11H25OP. The van der Waals surface area contributed by atoms with Crippen molar-refractivity contribution in [3.05, 3.63) is 0 Å². The lowest BCUT2D eigenvalue weighted by Gasteiger charge is -2.28. The maximum absolute atomic E-state index is 12.2. The van der Waals surface area contributed by atoms with Gasteiger partial charge in [-0.25, -0.2) is 0 Å². The van der Waals surface area contributed by atoms with Crippen LogP contribution in [0.5, 0.6) is 0 Å². The Morgan fingerprint density at radius 3 is 1.23 bits per heavy atom. The van der Waals surface area contributed by atoms with E-state index in [4.69, 9.17) is 0 Å². The van der Waals surface area contributed by atoms with Crippen molar-refractivity contribution in [2.24, 2.45) is 10.8 Å². The highest BCUT2D eigenvalue weighted by Crippen LogP contribution is 2.50. The van der Waals surface area contributed by atoms with Gasteiger partial charge in [0.15, 0.2) is 0 Å². The average Bonchev–Trinajstić information content (AvgIpc) is 1.43. The highest BCUT2D eigenvalue weighted by Gasteiger charge is 2.28. The largest absolute Gasteiger partial charge is 0.324 e. The van der Waals surface area contributed by atoms with Gasteiger partial charge in [-0.2, -0.15) is 0 Å². The molecule has 0 heterocycles. The van der Waals surface area contributed by atoms with Crippen LogP contribution < -0.4 is 0 Å². The molecule has 0 aliphatic rings. The molecule has 0 aromatic heterocycles. The molecule has 2 heteroatoms. The van der Waals surface area contributed by atoms with E-state index in [0.717, 1.165) is 12.3 Å². The predicted octanol–water partition coefficient (Wildman–Crippen LogP) is 4.07. The summed E-state index contributed by atoms with van der Waals surface area (Å²) in [6.07, 6.45) is 1.72. The van der Waals surface area contributed by atoms with Crippen LogP contribution in [0.3, 0.4) is 0 Å². The van der Waals surface area contributed by atoms with Crippen molar-refractivity contribution in [1.82, 2.24) is 0 Å². The Kier molecular flexibility index (Phi) is 3.84. The van der Waals surface area contributed by atoms with Gasteiger partial charge in [0.25, 0.3) is 0 Å². The number of hydrogen-bond donors (Lipinski definition) is 0. The fourth-order valence-electron chi connectivity index (χ4n) is 2.06. The second-order valence-corrected chi connectivity index (χ2v) is 9.96. The van der Waals surface area contributed by atoms with Gasteiger partial charge >= 0.3 is 0 Å². The van der Waals surface area contributed by atoms with E-state index >= 15 is 0 Å². The van der Waals surface area contributed by atoms with E-state index in [1.165, 1.54) is 0 Å². The van der Waals surface area contributed by atoms with Crippen molar-refractivity contribution >= 4 is 7.14 Å². The van der Waals surface area contributed by atoms with Crippen molar-refractivity contribution in [3.63, 3.8) is 0 Å². The lowest BCUT2D eigenvalue weighted by Crippen LogP contribution is -2.18. The van der Waals surface area contributed by atoms with Gasteiger partial charge in [0.1, 0.15) is 0 Å². The third-order valence-electron chi connectivity index (χ3n) is 1.62. The van der Waals surface area contributed by atoms with Gasteiger partial charge in [-0.15, -0.1) is 0 Å². The maximum atomic E-state index is 12.2. The standard InChI is InChI=1S/C11H25OP/c1-10(2,3)8-13(7,12)9-11(4,5)6/h8-9H2,1-7H3. The first-order chi connectivity index (χ1) is 5.41.